The second-order valence-corrected chi connectivity index (χ2v) is 3.97. The van der Waals surface area contributed by atoms with E-state index in [1.165, 1.54) is 19.1 Å². The average molecular weight is 260 g/mol. The van der Waals surface area contributed by atoms with Crippen molar-refractivity contribution < 1.29 is 24.2 Å². The van der Waals surface area contributed by atoms with E-state index in [1.807, 2.05) is 0 Å². The van der Waals surface area contributed by atoms with Crippen molar-refractivity contribution in [3.8, 4) is 0 Å². The van der Waals surface area contributed by atoms with Crippen LogP contribution in [0.4, 0.5) is 0 Å². The molecule has 0 aliphatic heterocycles. The van der Waals surface area contributed by atoms with Crippen molar-refractivity contribution in [1.82, 2.24) is 9.80 Å². The molecular weight excluding hydrogens is 240 g/mol. The molecule has 7 heteroatoms. The van der Waals surface area contributed by atoms with E-state index in [4.69, 9.17) is 9.84 Å². The molecule has 0 saturated carbocycles. The van der Waals surface area contributed by atoms with Gasteiger partial charge in [0.15, 0.2) is 0 Å². The SMILES string of the molecule is COCCN(C)C(=O)CCC(C(=O)O)N(C)C=O. The van der Waals surface area contributed by atoms with Gasteiger partial charge in [-0.05, 0) is 6.42 Å². The van der Waals surface area contributed by atoms with Gasteiger partial charge in [-0.25, -0.2) is 4.79 Å². The first-order chi connectivity index (χ1) is 8.43. The van der Waals surface area contributed by atoms with Crippen LogP contribution in [0.5, 0.6) is 0 Å². The van der Waals surface area contributed by atoms with Crippen LogP contribution in [0.1, 0.15) is 12.8 Å². The molecule has 7 nitrogen and oxygen atoms in total. The minimum atomic E-state index is -1.11. The van der Waals surface area contributed by atoms with Crippen molar-refractivity contribution >= 4 is 18.3 Å². The van der Waals surface area contributed by atoms with Gasteiger partial charge in [-0.2, -0.15) is 0 Å². The predicted octanol–water partition coefficient (Wildman–Crippen LogP) is -0.587. The Hall–Kier alpha value is -1.63. The fourth-order valence-electron chi connectivity index (χ4n) is 1.38. The van der Waals surface area contributed by atoms with Crippen molar-refractivity contribution in [2.75, 3.05) is 34.4 Å². The summed E-state index contributed by atoms with van der Waals surface area (Å²) in [5.41, 5.74) is 0. The highest BCUT2D eigenvalue weighted by atomic mass is 16.5. The zero-order valence-corrected chi connectivity index (χ0v) is 11.0. The lowest BCUT2D eigenvalue weighted by Crippen LogP contribution is -2.39. The van der Waals surface area contributed by atoms with Crippen LogP contribution in [0, 0.1) is 0 Å². The van der Waals surface area contributed by atoms with Crippen molar-refractivity contribution in [1.29, 1.82) is 0 Å². The number of carbonyl (C=O) groups excluding carboxylic acids is 2. The molecule has 0 heterocycles. The first kappa shape index (κ1) is 16.4. The number of rotatable bonds is 9. The van der Waals surface area contributed by atoms with Gasteiger partial charge in [0.1, 0.15) is 6.04 Å². The lowest BCUT2D eigenvalue weighted by molar-refractivity contribution is -0.146. The Morgan fingerprint density at radius 3 is 2.44 bits per heavy atom. The Kier molecular flexibility index (Phi) is 7.69. The van der Waals surface area contributed by atoms with E-state index in [1.54, 1.807) is 7.05 Å². The number of hydrogen-bond donors (Lipinski definition) is 1. The van der Waals surface area contributed by atoms with Gasteiger partial charge in [0.05, 0.1) is 6.61 Å². The molecule has 104 valence electrons. The number of carbonyl (C=O) groups is 3. The molecule has 1 unspecified atom stereocenters. The Bertz CT molecular complexity index is 295. The Labute approximate surface area is 106 Å². The first-order valence-electron chi connectivity index (χ1n) is 5.57. The Balaban J connectivity index is 4.22. The number of nitrogens with zero attached hydrogens (tertiary/aromatic N) is 2. The third-order valence-corrected chi connectivity index (χ3v) is 2.63. The third-order valence-electron chi connectivity index (χ3n) is 2.63. The summed E-state index contributed by atoms with van der Waals surface area (Å²) in [7, 11) is 4.54. The van der Waals surface area contributed by atoms with Crippen LogP contribution >= 0.6 is 0 Å². The highest BCUT2D eigenvalue weighted by molar-refractivity contribution is 5.79. The summed E-state index contributed by atoms with van der Waals surface area (Å²) >= 11 is 0. The largest absolute Gasteiger partial charge is 0.480 e. The van der Waals surface area contributed by atoms with Gasteiger partial charge in [0.2, 0.25) is 12.3 Å². The maximum Gasteiger partial charge on any atom is 0.326 e. The van der Waals surface area contributed by atoms with Crippen molar-refractivity contribution in [3.63, 3.8) is 0 Å². The molecule has 18 heavy (non-hydrogen) atoms. The quantitative estimate of drug-likeness (QED) is 0.560. The lowest BCUT2D eigenvalue weighted by atomic mass is 10.1. The molecule has 0 aromatic heterocycles. The fourth-order valence-corrected chi connectivity index (χ4v) is 1.38. The maximum atomic E-state index is 11.7. The predicted molar refractivity (Wildman–Crippen MR) is 64.0 cm³/mol. The third kappa shape index (κ3) is 5.62. The zero-order valence-electron chi connectivity index (χ0n) is 11.0. The molecule has 0 aromatic carbocycles. The van der Waals surface area contributed by atoms with Crippen LogP contribution in [0.2, 0.25) is 0 Å². The normalized spacial score (nSPS) is 11.7. The molecule has 0 rings (SSSR count). The van der Waals surface area contributed by atoms with Crippen LogP contribution in [-0.4, -0.2) is 73.6 Å². The molecular formula is C11H20N2O5. The number of hydrogen-bond acceptors (Lipinski definition) is 4. The van der Waals surface area contributed by atoms with Gasteiger partial charge >= 0.3 is 5.97 Å². The lowest BCUT2D eigenvalue weighted by Gasteiger charge is -2.22. The van der Waals surface area contributed by atoms with E-state index >= 15 is 0 Å². The Morgan fingerprint density at radius 1 is 1.39 bits per heavy atom. The van der Waals surface area contributed by atoms with E-state index in [9.17, 15) is 14.4 Å². The molecule has 0 aliphatic rings. The molecule has 0 aromatic rings. The van der Waals surface area contributed by atoms with Crippen LogP contribution in [0.25, 0.3) is 0 Å². The van der Waals surface area contributed by atoms with E-state index < -0.39 is 12.0 Å². The summed E-state index contributed by atoms with van der Waals surface area (Å²) in [4.78, 5) is 35.6. The van der Waals surface area contributed by atoms with Crippen molar-refractivity contribution in [2.24, 2.45) is 0 Å². The van der Waals surface area contributed by atoms with E-state index in [-0.39, 0.29) is 18.7 Å². The summed E-state index contributed by atoms with van der Waals surface area (Å²) in [5.74, 6) is -1.28. The molecule has 0 saturated heterocycles. The molecule has 0 spiro atoms. The highest BCUT2D eigenvalue weighted by Gasteiger charge is 2.23. The van der Waals surface area contributed by atoms with Gasteiger partial charge in [-0.1, -0.05) is 0 Å². The second kappa shape index (κ2) is 8.46. The monoisotopic (exact) mass is 260 g/mol. The topological polar surface area (TPSA) is 87.2 Å². The number of aliphatic carboxylic acids is 1. The Morgan fingerprint density at radius 2 is 2.00 bits per heavy atom. The van der Waals surface area contributed by atoms with Gasteiger partial charge in [0, 0.05) is 34.2 Å². The number of likely N-dealkylation sites (N-methyl/N-ethyl adjacent to an activating group) is 2. The van der Waals surface area contributed by atoms with Crippen molar-refractivity contribution in [2.45, 2.75) is 18.9 Å². The zero-order chi connectivity index (χ0) is 14.1. The number of amides is 2. The smallest absolute Gasteiger partial charge is 0.326 e. The number of methoxy groups -OCH3 is 1. The minimum Gasteiger partial charge on any atom is -0.480 e. The summed E-state index contributed by atoms with van der Waals surface area (Å²) in [6.45, 7) is 0.884. The first-order valence-corrected chi connectivity index (χ1v) is 5.57. The van der Waals surface area contributed by atoms with Crippen molar-refractivity contribution in [3.05, 3.63) is 0 Å². The highest BCUT2D eigenvalue weighted by Crippen LogP contribution is 2.06. The molecule has 1 atom stereocenters. The number of carboxylic acids is 1. The summed E-state index contributed by atoms with van der Waals surface area (Å²) in [6.07, 6.45) is 0.619. The molecule has 1 N–H and O–H groups in total. The molecule has 0 fully saturated rings. The van der Waals surface area contributed by atoms with Gasteiger partial charge < -0.3 is 19.6 Å². The summed E-state index contributed by atoms with van der Waals surface area (Å²) in [5, 5.41) is 8.92. The molecule has 0 aliphatic carbocycles. The van der Waals surface area contributed by atoms with Gasteiger partial charge in [-0.15, -0.1) is 0 Å². The maximum absolute atomic E-state index is 11.7. The minimum absolute atomic E-state index is 0.0787. The van der Waals surface area contributed by atoms with E-state index in [2.05, 4.69) is 0 Å². The average Bonchev–Trinajstić information content (AvgIpc) is 2.34. The van der Waals surface area contributed by atoms with Crippen LogP contribution in [0.15, 0.2) is 0 Å². The summed E-state index contributed by atoms with van der Waals surface area (Å²) in [6, 6.07) is -0.970. The van der Waals surface area contributed by atoms with Crippen LogP contribution in [0.3, 0.4) is 0 Å². The van der Waals surface area contributed by atoms with Gasteiger partial charge in [0.25, 0.3) is 0 Å². The number of carboxylic acid groups (broad SMARTS) is 1. The van der Waals surface area contributed by atoms with Crippen LogP contribution < -0.4 is 0 Å². The standard InChI is InChI=1S/C11H20N2O5/c1-12(6-7-18-3)10(15)5-4-9(11(16)17)13(2)8-14/h8-9H,4-7H2,1-3H3,(H,16,17). The van der Waals surface area contributed by atoms with E-state index in [0.717, 1.165) is 4.90 Å². The second-order valence-electron chi connectivity index (χ2n) is 3.97. The molecule has 0 radical (unpaired) electrons. The summed E-state index contributed by atoms with van der Waals surface area (Å²) < 4.78 is 4.84. The fraction of sp³-hybridized carbons (Fsp3) is 0.727. The number of ether oxygens (including phenoxy) is 1. The van der Waals surface area contributed by atoms with E-state index in [0.29, 0.717) is 19.6 Å². The van der Waals surface area contributed by atoms with Gasteiger partial charge in [-0.3, -0.25) is 9.59 Å². The van der Waals surface area contributed by atoms with Crippen LogP contribution in [-0.2, 0) is 19.1 Å². The molecule has 2 amide bonds. The molecule has 0 bridgehead atoms.